The first-order valence-electron chi connectivity index (χ1n) is 6.20. The van der Waals surface area contributed by atoms with Gasteiger partial charge >= 0.3 is 0 Å². The van der Waals surface area contributed by atoms with Crippen LogP contribution in [0.15, 0.2) is 0 Å². The molecule has 1 fully saturated rings. The number of nitrogens with one attached hydrogen (secondary N) is 1. The molecule has 0 radical (unpaired) electrons. The number of morpholine rings is 1. The monoisotopic (exact) mass is 244 g/mol. The fourth-order valence-electron chi connectivity index (χ4n) is 1.64. The fourth-order valence-corrected chi connectivity index (χ4v) is 1.64. The SMILES string of the molecule is CC1CNCC(COCC(=O)N(C)C(C)C)O1. The van der Waals surface area contributed by atoms with Gasteiger partial charge in [0.25, 0.3) is 0 Å². The molecule has 0 aliphatic carbocycles. The zero-order valence-electron chi connectivity index (χ0n) is 11.2. The summed E-state index contributed by atoms with van der Waals surface area (Å²) in [5.41, 5.74) is 0. The van der Waals surface area contributed by atoms with E-state index >= 15 is 0 Å². The van der Waals surface area contributed by atoms with Gasteiger partial charge in [-0.2, -0.15) is 0 Å². The highest BCUT2D eigenvalue weighted by molar-refractivity contribution is 5.77. The number of ether oxygens (including phenoxy) is 2. The molecule has 2 atom stereocenters. The van der Waals surface area contributed by atoms with Gasteiger partial charge in [-0.25, -0.2) is 0 Å². The average molecular weight is 244 g/mol. The van der Waals surface area contributed by atoms with E-state index in [0.29, 0.717) is 6.61 Å². The molecule has 0 aromatic heterocycles. The Morgan fingerprint density at radius 1 is 1.53 bits per heavy atom. The molecule has 5 nitrogen and oxygen atoms in total. The van der Waals surface area contributed by atoms with Crippen molar-refractivity contribution in [3.05, 3.63) is 0 Å². The van der Waals surface area contributed by atoms with Crippen LogP contribution in [-0.2, 0) is 14.3 Å². The number of rotatable bonds is 5. The summed E-state index contributed by atoms with van der Waals surface area (Å²) >= 11 is 0. The van der Waals surface area contributed by atoms with Gasteiger partial charge in [-0.1, -0.05) is 0 Å². The molecule has 0 aromatic carbocycles. The second-order valence-corrected chi connectivity index (χ2v) is 4.84. The fraction of sp³-hybridized carbons (Fsp3) is 0.917. The lowest BCUT2D eigenvalue weighted by Gasteiger charge is -2.28. The van der Waals surface area contributed by atoms with Crippen molar-refractivity contribution in [2.75, 3.05) is 33.4 Å². The minimum Gasteiger partial charge on any atom is -0.370 e. The van der Waals surface area contributed by atoms with Gasteiger partial charge in [0.05, 0.1) is 18.8 Å². The zero-order chi connectivity index (χ0) is 12.8. The highest BCUT2D eigenvalue weighted by atomic mass is 16.5. The summed E-state index contributed by atoms with van der Waals surface area (Å²) in [6, 6.07) is 0.207. The van der Waals surface area contributed by atoms with Crippen molar-refractivity contribution in [3.63, 3.8) is 0 Å². The normalized spacial score (nSPS) is 25.0. The molecule has 17 heavy (non-hydrogen) atoms. The first-order valence-corrected chi connectivity index (χ1v) is 6.20. The number of amides is 1. The van der Waals surface area contributed by atoms with E-state index in [1.807, 2.05) is 20.8 Å². The lowest BCUT2D eigenvalue weighted by atomic mass is 10.2. The quantitative estimate of drug-likeness (QED) is 0.753. The van der Waals surface area contributed by atoms with Crippen LogP contribution in [-0.4, -0.2) is 62.4 Å². The summed E-state index contributed by atoms with van der Waals surface area (Å²) in [6.07, 6.45) is 0.266. The molecule has 2 unspecified atom stereocenters. The number of hydrogen-bond acceptors (Lipinski definition) is 4. The summed E-state index contributed by atoms with van der Waals surface area (Å²) in [7, 11) is 1.79. The Kier molecular flexibility index (Phi) is 5.88. The highest BCUT2D eigenvalue weighted by Crippen LogP contribution is 2.04. The van der Waals surface area contributed by atoms with Crippen LogP contribution in [0.3, 0.4) is 0 Å². The average Bonchev–Trinajstić information content (AvgIpc) is 2.27. The van der Waals surface area contributed by atoms with Gasteiger partial charge in [-0.15, -0.1) is 0 Å². The van der Waals surface area contributed by atoms with Crippen LogP contribution in [0.2, 0.25) is 0 Å². The Labute approximate surface area is 103 Å². The molecule has 1 amide bonds. The Balaban J connectivity index is 2.16. The molecule has 1 heterocycles. The van der Waals surface area contributed by atoms with Gasteiger partial charge in [0.1, 0.15) is 6.61 Å². The molecule has 1 rings (SSSR count). The second kappa shape index (κ2) is 6.93. The number of carbonyl (C=O) groups is 1. The highest BCUT2D eigenvalue weighted by Gasteiger charge is 2.19. The Bertz CT molecular complexity index is 246. The largest absolute Gasteiger partial charge is 0.370 e. The van der Waals surface area contributed by atoms with Crippen LogP contribution in [0, 0.1) is 0 Å². The van der Waals surface area contributed by atoms with Crippen molar-refractivity contribution in [3.8, 4) is 0 Å². The summed E-state index contributed by atoms with van der Waals surface area (Å²) < 4.78 is 11.1. The predicted octanol–water partition coefficient (Wildman–Crippen LogP) is 0.247. The van der Waals surface area contributed by atoms with E-state index in [1.165, 1.54) is 0 Å². The van der Waals surface area contributed by atoms with E-state index in [0.717, 1.165) is 13.1 Å². The molecule has 0 bridgehead atoms. The van der Waals surface area contributed by atoms with Crippen LogP contribution >= 0.6 is 0 Å². The first kappa shape index (κ1) is 14.4. The smallest absolute Gasteiger partial charge is 0.248 e. The molecule has 0 spiro atoms. The molecule has 1 aliphatic rings. The van der Waals surface area contributed by atoms with Crippen molar-refractivity contribution in [2.24, 2.45) is 0 Å². The van der Waals surface area contributed by atoms with Crippen molar-refractivity contribution in [1.29, 1.82) is 0 Å². The predicted molar refractivity (Wildman–Crippen MR) is 65.9 cm³/mol. The third kappa shape index (κ3) is 5.02. The van der Waals surface area contributed by atoms with Crippen molar-refractivity contribution in [1.82, 2.24) is 10.2 Å². The lowest BCUT2D eigenvalue weighted by molar-refractivity contribution is -0.139. The molecule has 0 saturated carbocycles. The van der Waals surface area contributed by atoms with Crippen LogP contribution < -0.4 is 5.32 Å². The van der Waals surface area contributed by atoms with Crippen LogP contribution in [0.1, 0.15) is 20.8 Å². The van der Waals surface area contributed by atoms with Crippen molar-refractivity contribution >= 4 is 5.91 Å². The minimum atomic E-state index is 0.0109. The van der Waals surface area contributed by atoms with Crippen molar-refractivity contribution in [2.45, 2.75) is 39.0 Å². The molecule has 5 heteroatoms. The molecule has 1 saturated heterocycles. The van der Waals surface area contributed by atoms with Gasteiger partial charge in [0, 0.05) is 26.2 Å². The van der Waals surface area contributed by atoms with E-state index in [-0.39, 0.29) is 30.8 Å². The second-order valence-electron chi connectivity index (χ2n) is 4.84. The van der Waals surface area contributed by atoms with Crippen molar-refractivity contribution < 1.29 is 14.3 Å². The Hall–Kier alpha value is -0.650. The lowest BCUT2D eigenvalue weighted by Crippen LogP contribution is -2.46. The number of likely N-dealkylation sites (N-methyl/N-ethyl adjacent to an activating group) is 1. The first-order chi connectivity index (χ1) is 8.00. The topological polar surface area (TPSA) is 50.8 Å². The molecule has 1 aliphatic heterocycles. The third-order valence-electron chi connectivity index (χ3n) is 2.93. The molecule has 0 aromatic rings. The van der Waals surface area contributed by atoms with Crippen LogP contribution in [0.5, 0.6) is 0 Å². The molecule has 1 N–H and O–H groups in total. The van der Waals surface area contributed by atoms with E-state index < -0.39 is 0 Å². The number of nitrogens with zero attached hydrogens (tertiary/aromatic N) is 1. The summed E-state index contributed by atoms with van der Waals surface area (Å²) in [4.78, 5) is 13.3. The number of hydrogen-bond donors (Lipinski definition) is 1. The standard InChI is InChI=1S/C12H24N2O3/c1-9(2)14(4)12(15)8-16-7-11-6-13-5-10(3)17-11/h9-11,13H,5-8H2,1-4H3. The van der Waals surface area contributed by atoms with Crippen LogP contribution in [0.4, 0.5) is 0 Å². The summed E-state index contributed by atoms with van der Waals surface area (Å²) in [5.74, 6) is 0.0109. The summed E-state index contributed by atoms with van der Waals surface area (Å²) in [5, 5.41) is 3.26. The molecule has 100 valence electrons. The Morgan fingerprint density at radius 2 is 2.24 bits per heavy atom. The van der Waals surface area contributed by atoms with E-state index in [9.17, 15) is 4.79 Å². The van der Waals surface area contributed by atoms with E-state index in [4.69, 9.17) is 9.47 Å². The summed E-state index contributed by atoms with van der Waals surface area (Å²) in [6.45, 7) is 8.25. The van der Waals surface area contributed by atoms with E-state index in [2.05, 4.69) is 5.32 Å². The molecular weight excluding hydrogens is 220 g/mol. The van der Waals surface area contributed by atoms with E-state index in [1.54, 1.807) is 11.9 Å². The van der Waals surface area contributed by atoms with Gasteiger partial charge in [0.15, 0.2) is 0 Å². The Morgan fingerprint density at radius 3 is 2.82 bits per heavy atom. The maximum absolute atomic E-state index is 11.6. The zero-order valence-corrected chi connectivity index (χ0v) is 11.2. The van der Waals surface area contributed by atoms with Crippen LogP contribution in [0.25, 0.3) is 0 Å². The van der Waals surface area contributed by atoms with Gasteiger partial charge in [-0.05, 0) is 20.8 Å². The van der Waals surface area contributed by atoms with Gasteiger partial charge in [0.2, 0.25) is 5.91 Å². The number of carbonyl (C=O) groups excluding carboxylic acids is 1. The van der Waals surface area contributed by atoms with Gasteiger partial charge < -0.3 is 19.7 Å². The maximum atomic E-state index is 11.6. The minimum absolute atomic E-state index is 0.0109. The maximum Gasteiger partial charge on any atom is 0.248 e. The van der Waals surface area contributed by atoms with Gasteiger partial charge in [-0.3, -0.25) is 4.79 Å². The molecular formula is C12H24N2O3. The third-order valence-corrected chi connectivity index (χ3v) is 2.93.